The number of ether oxygens (including phenoxy) is 1. The van der Waals surface area contributed by atoms with Gasteiger partial charge in [-0.3, -0.25) is 9.58 Å². The molecule has 0 atom stereocenters. The van der Waals surface area contributed by atoms with E-state index in [1.54, 1.807) is 6.92 Å². The third-order valence-electron chi connectivity index (χ3n) is 5.00. The van der Waals surface area contributed by atoms with Gasteiger partial charge >= 0.3 is 0 Å². The monoisotopic (exact) mass is 347 g/mol. The van der Waals surface area contributed by atoms with Crippen LogP contribution in [0.5, 0.6) is 0 Å². The molecule has 1 aliphatic heterocycles. The quantitative estimate of drug-likeness (QED) is 0.766. The second-order valence-electron chi connectivity index (χ2n) is 6.79. The molecule has 0 unspecified atom stereocenters. The highest BCUT2D eigenvalue weighted by molar-refractivity contribution is 5.24. The summed E-state index contributed by atoms with van der Waals surface area (Å²) in [4.78, 5) is 6.72. The Morgan fingerprint density at radius 2 is 1.96 bits per heavy atom. The third-order valence-corrected chi connectivity index (χ3v) is 5.00. The molecule has 0 aromatic carbocycles. The van der Waals surface area contributed by atoms with Crippen LogP contribution >= 0.6 is 0 Å². The van der Waals surface area contributed by atoms with E-state index in [1.807, 2.05) is 0 Å². The normalized spacial score (nSPS) is 16.6. The molecular weight excluding hydrogens is 318 g/mol. The van der Waals surface area contributed by atoms with E-state index < -0.39 is 0 Å². The molecule has 3 rings (SSSR count). The summed E-state index contributed by atoms with van der Waals surface area (Å²) in [6.45, 7) is 13.0. The molecule has 138 valence electrons. The van der Waals surface area contributed by atoms with E-state index in [0.717, 1.165) is 50.5 Å². The first-order valence-electron chi connectivity index (χ1n) is 9.22. The summed E-state index contributed by atoms with van der Waals surface area (Å²) in [6, 6.07) is 0. The van der Waals surface area contributed by atoms with Crippen molar-refractivity contribution in [3.8, 4) is 0 Å². The smallest absolute Gasteiger partial charge is 0.223 e. The van der Waals surface area contributed by atoms with Gasteiger partial charge in [0.2, 0.25) is 5.89 Å². The Bertz CT molecular complexity index is 686. The Morgan fingerprint density at radius 3 is 2.56 bits per heavy atom. The molecule has 0 radical (unpaired) electrons. The van der Waals surface area contributed by atoms with Gasteiger partial charge in [0.15, 0.2) is 5.82 Å². The van der Waals surface area contributed by atoms with Crippen LogP contribution in [0.3, 0.4) is 0 Å². The van der Waals surface area contributed by atoms with Crippen LogP contribution in [0.1, 0.15) is 48.4 Å². The average Bonchev–Trinajstić information content (AvgIpc) is 3.14. The molecule has 3 heterocycles. The van der Waals surface area contributed by atoms with Crippen molar-refractivity contribution in [1.82, 2.24) is 24.8 Å². The number of rotatable bonds is 7. The molecule has 7 heteroatoms. The summed E-state index contributed by atoms with van der Waals surface area (Å²) in [6.07, 6.45) is 3.20. The minimum atomic E-state index is 0.338. The lowest BCUT2D eigenvalue weighted by Crippen LogP contribution is -2.37. The van der Waals surface area contributed by atoms with Crippen molar-refractivity contribution in [3.63, 3.8) is 0 Å². The molecule has 2 aromatic rings. The fourth-order valence-electron chi connectivity index (χ4n) is 3.49. The summed E-state index contributed by atoms with van der Waals surface area (Å²) in [7, 11) is 0. The molecule has 0 spiro atoms. The van der Waals surface area contributed by atoms with Crippen molar-refractivity contribution in [2.24, 2.45) is 0 Å². The molecule has 1 fully saturated rings. The van der Waals surface area contributed by atoms with Gasteiger partial charge in [-0.15, -0.1) is 0 Å². The van der Waals surface area contributed by atoms with Crippen LogP contribution in [-0.2, 0) is 24.2 Å². The zero-order valence-electron chi connectivity index (χ0n) is 15.8. The maximum absolute atomic E-state index is 6.00. The van der Waals surface area contributed by atoms with Crippen LogP contribution in [0.2, 0.25) is 0 Å². The Labute approximate surface area is 149 Å². The molecule has 0 N–H and O–H groups in total. The van der Waals surface area contributed by atoms with Crippen LogP contribution in [0.4, 0.5) is 0 Å². The van der Waals surface area contributed by atoms with Gasteiger partial charge in [0.05, 0.1) is 18.4 Å². The van der Waals surface area contributed by atoms with Crippen LogP contribution in [-0.4, -0.2) is 50.6 Å². The van der Waals surface area contributed by atoms with E-state index >= 15 is 0 Å². The minimum Gasteiger partial charge on any atom is -0.378 e. The molecule has 7 nitrogen and oxygen atoms in total. The highest BCUT2D eigenvalue weighted by Crippen LogP contribution is 2.20. The minimum absolute atomic E-state index is 0.338. The van der Waals surface area contributed by atoms with Crippen LogP contribution in [0.15, 0.2) is 4.52 Å². The number of aryl methyl sites for hydroxylation is 3. The number of hydrogen-bond donors (Lipinski definition) is 0. The molecule has 0 saturated carbocycles. The van der Waals surface area contributed by atoms with E-state index in [0.29, 0.717) is 25.0 Å². The lowest BCUT2D eigenvalue weighted by molar-refractivity contribution is 0.00670. The zero-order valence-corrected chi connectivity index (χ0v) is 15.8. The summed E-state index contributed by atoms with van der Waals surface area (Å²) >= 11 is 0. The van der Waals surface area contributed by atoms with Gasteiger partial charge in [0.25, 0.3) is 0 Å². The molecule has 25 heavy (non-hydrogen) atoms. The maximum atomic E-state index is 6.00. The second kappa shape index (κ2) is 8.10. The fraction of sp³-hybridized carbons (Fsp3) is 0.722. The van der Waals surface area contributed by atoms with Crippen molar-refractivity contribution in [3.05, 3.63) is 28.7 Å². The SMILES string of the molecule is CCn1nc(C)c(CN2CCC(OCCc3noc(C)n3)CC2)c1C. The van der Waals surface area contributed by atoms with Crippen molar-refractivity contribution in [2.45, 2.75) is 66.2 Å². The van der Waals surface area contributed by atoms with Crippen molar-refractivity contribution in [1.29, 1.82) is 0 Å². The Morgan fingerprint density at radius 1 is 1.20 bits per heavy atom. The summed E-state index contributed by atoms with van der Waals surface area (Å²) < 4.78 is 13.1. The summed E-state index contributed by atoms with van der Waals surface area (Å²) in [5.41, 5.74) is 3.84. The lowest BCUT2D eigenvalue weighted by Gasteiger charge is -2.32. The number of nitrogens with zero attached hydrogens (tertiary/aromatic N) is 5. The zero-order chi connectivity index (χ0) is 17.8. The van der Waals surface area contributed by atoms with Gasteiger partial charge in [-0.2, -0.15) is 10.1 Å². The Kier molecular flexibility index (Phi) is 5.86. The van der Waals surface area contributed by atoms with E-state index in [-0.39, 0.29) is 0 Å². The number of piperidine rings is 1. The average molecular weight is 347 g/mol. The largest absolute Gasteiger partial charge is 0.378 e. The van der Waals surface area contributed by atoms with E-state index in [4.69, 9.17) is 9.26 Å². The third kappa shape index (κ3) is 4.46. The van der Waals surface area contributed by atoms with E-state index in [9.17, 15) is 0 Å². The number of likely N-dealkylation sites (tertiary alicyclic amines) is 1. The Balaban J connectivity index is 1.42. The molecule has 0 bridgehead atoms. The summed E-state index contributed by atoms with van der Waals surface area (Å²) in [5, 5.41) is 8.53. The van der Waals surface area contributed by atoms with Gasteiger partial charge in [-0.05, 0) is 33.6 Å². The predicted octanol–water partition coefficient (Wildman–Crippen LogP) is 2.43. The molecule has 0 amide bonds. The first-order chi connectivity index (χ1) is 12.1. The molecule has 2 aromatic heterocycles. The van der Waals surface area contributed by atoms with Gasteiger partial charge in [0, 0.05) is 50.8 Å². The molecular formula is C18H29N5O2. The van der Waals surface area contributed by atoms with Gasteiger partial charge in [-0.25, -0.2) is 0 Å². The van der Waals surface area contributed by atoms with Gasteiger partial charge < -0.3 is 9.26 Å². The summed E-state index contributed by atoms with van der Waals surface area (Å²) in [5.74, 6) is 1.34. The van der Waals surface area contributed by atoms with E-state index in [1.165, 1.54) is 11.3 Å². The second-order valence-corrected chi connectivity index (χ2v) is 6.79. The Hall–Kier alpha value is -1.73. The standard InChI is InChI=1S/C18H29N5O2/c1-5-23-14(3)17(13(2)20-23)12-22-9-6-16(7-10-22)24-11-8-18-19-15(4)25-21-18/h16H,5-12H2,1-4H3. The van der Waals surface area contributed by atoms with Crippen LogP contribution < -0.4 is 0 Å². The predicted molar refractivity (Wildman–Crippen MR) is 94.4 cm³/mol. The first-order valence-corrected chi connectivity index (χ1v) is 9.22. The van der Waals surface area contributed by atoms with Crippen LogP contribution in [0, 0.1) is 20.8 Å². The number of aromatic nitrogens is 4. The highest BCUT2D eigenvalue weighted by atomic mass is 16.5. The highest BCUT2D eigenvalue weighted by Gasteiger charge is 2.22. The van der Waals surface area contributed by atoms with Crippen molar-refractivity contribution >= 4 is 0 Å². The molecule has 0 aliphatic carbocycles. The van der Waals surface area contributed by atoms with Gasteiger partial charge in [0.1, 0.15) is 0 Å². The van der Waals surface area contributed by atoms with Crippen molar-refractivity contribution < 1.29 is 9.26 Å². The molecule has 1 aliphatic rings. The number of hydrogen-bond acceptors (Lipinski definition) is 6. The lowest BCUT2D eigenvalue weighted by atomic mass is 10.1. The van der Waals surface area contributed by atoms with Crippen LogP contribution in [0.25, 0.3) is 0 Å². The van der Waals surface area contributed by atoms with Gasteiger partial charge in [-0.1, -0.05) is 5.16 Å². The van der Waals surface area contributed by atoms with E-state index in [2.05, 4.69) is 45.6 Å². The molecule has 1 saturated heterocycles. The maximum Gasteiger partial charge on any atom is 0.223 e. The first kappa shape index (κ1) is 18.1. The fourth-order valence-corrected chi connectivity index (χ4v) is 3.49. The topological polar surface area (TPSA) is 69.2 Å². The van der Waals surface area contributed by atoms with Crippen molar-refractivity contribution in [2.75, 3.05) is 19.7 Å².